The van der Waals surface area contributed by atoms with Crippen molar-refractivity contribution in [3.63, 3.8) is 0 Å². The van der Waals surface area contributed by atoms with Crippen molar-refractivity contribution in [1.29, 1.82) is 5.26 Å². The second kappa shape index (κ2) is 7.81. The molecule has 2 N–H and O–H groups in total. The molecule has 8 heteroatoms. The van der Waals surface area contributed by atoms with Crippen LogP contribution in [0.2, 0.25) is 0 Å². The fourth-order valence-corrected chi connectivity index (χ4v) is 2.25. The maximum absolute atomic E-state index is 12.1. The largest absolute Gasteiger partial charge is 0.493 e. The number of ether oxygens (including phenoxy) is 2. The molecular formula is C18H15N5O3. The van der Waals surface area contributed by atoms with Crippen LogP contribution in [0, 0.1) is 11.3 Å². The zero-order chi connectivity index (χ0) is 18.4. The van der Waals surface area contributed by atoms with Crippen LogP contribution < -0.4 is 14.8 Å². The molecule has 0 spiro atoms. The molecule has 0 saturated carbocycles. The minimum Gasteiger partial charge on any atom is -0.493 e. The summed E-state index contributed by atoms with van der Waals surface area (Å²) in [5.74, 6) is 1.12. The number of carbonyl (C=O) groups excluding carboxylic acids is 1. The van der Waals surface area contributed by atoms with Gasteiger partial charge in [-0.25, -0.2) is 4.98 Å². The Hall–Kier alpha value is -3.86. The Labute approximate surface area is 149 Å². The van der Waals surface area contributed by atoms with Gasteiger partial charge in [0.2, 0.25) is 0 Å². The minimum atomic E-state index is -0.316. The number of methoxy groups -OCH3 is 1. The predicted octanol–water partition coefficient (Wildman–Crippen LogP) is 2.37. The van der Waals surface area contributed by atoms with Crippen LogP contribution in [-0.2, 0) is 4.79 Å². The minimum absolute atomic E-state index is 0.188. The molecule has 0 bridgehead atoms. The van der Waals surface area contributed by atoms with Crippen molar-refractivity contribution in [2.45, 2.75) is 0 Å². The summed E-state index contributed by atoms with van der Waals surface area (Å²) in [6, 6.07) is 13.9. The number of aromatic nitrogens is 3. The van der Waals surface area contributed by atoms with Crippen molar-refractivity contribution in [1.82, 2.24) is 15.2 Å². The topological polar surface area (TPSA) is 113 Å². The van der Waals surface area contributed by atoms with Gasteiger partial charge in [0.1, 0.15) is 6.33 Å². The number of nitrogens with one attached hydrogen (secondary N) is 2. The molecule has 0 saturated heterocycles. The number of hydrogen-bond acceptors (Lipinski definition) is 6. The number of anilines is 1. The first-order valence-corrected chi connectivity index (χ1v) is 7.66. The van der Waals surface area contributed by atoms with E-state index in [0.717, 1.165) is 5.56 Å². The van der Waals surface area contributed by atoms with Crippen molar-refractivity contribution < 1.29 is 14.3 Å². The van der Waals surface area contributed by atoms with E-state index in [1.54, 1.807) is 30.3 Å². The van der Waals surface area contributed by atoms with Gasteiger partial charge in [-0.2, -0.15) is 10.4 Å². The summed E-state index contributed by atoms with van der Waals surface area (Å²) in [4.78, 5) is 16.1. The lowest BCUT2D eigenvalue weighted by atomic mass is 10.2. The van der Waals surface area contributed by atoms with Gasteiger partial charge in [0.15, 0.2) is 23.9 Å². The summed E-state index contributed by atoms with van der Waals surface area (Å²) in [6.07, 6.45) is 1.43. The molecule has 0 aliphatic carbocycles. The smallest absolute Gasteiger partial charge is 0.262 e. The van der Waals surface area contributed by atoms with Crippen LogP contribution in [-0.4, -0.2) is 34.8 Å². The van der Waals surface area contributed by atoms with E-state index >= 15 is 0 Å². The highest BCUT2D eigenvalue weighted by Gasteiger charge is 2.09. The monoisotopic (exact) mass is 349 g/mol. The normalized spacial score (nSPS) is 10.0. The molecule has 1 amide bonds. The maximum atomic E-state index is 12.1. The lowest BCUT2D eigenvalue weighted by Gasteiger charge is -2.11. The van der Waals surface area contributed by atoms with Crippen molar-refractivity contribution in [3.05, 3.63) is 54.4 Å². The first-order chi connectivity index (χ1) is 12.7. The molecule has 1 heterocycles. The van der Waals surface area contributed by atoms with Crippen LogP contribution in [0.1, 0.15) is 5.56 Å². The standard InChI is InChI=1S/C18H15N5O3/c1-25-16-8-12(9-19)2-7-15(16)26-10-17(24)22-14-5-3-13(4-6-14)18-20-11-21-23-18/h2-8,11H,10H2,1H3,(H,22,24)(H,20,21,23). The Bertz CT molecular complexity index is 930. The Morgan fingerprint density at radius 2 is 2.04 bits per heavy atom. The third-order valence-corrected chi connectivity index (χ3v) is 3.51. The molecule has 0 fully saturated rings. The Kier molecular flexibility index (Phi) is 5.10. The van der Waals surface area contributed by atoms with Gasteiger partial charge < -0.3 is 14.8 Å². The van der Waals surface area contributed by atoms with E-state index in [9.17, 15) is 4.79 Å². The number of amides is 1. The fraction of sp³-hybridized carbons (Fsp3) is 0.111. The third-order valence-electron chi connectivity index (χ3n) is 3.51. The average Bonchev–Trinajstić information content (AvgIpc) is 3.21. The quantitative estimate of drug-likeness (QED) is 0.706. The van der Waals surface area contributed by atoms with Crippen molar-refractivity contribution in [3.8, 4) is 29.0 Å². The summed E-state index contributed by atoms with van der Waals surface area (Å²) < 4.78 is 10.6. The number of benzene rings is 2. The molecule has 3 aromatic rings. The maximum Gasteiger partial charge on any atom is 0.262 e. The number of H-pyrrole nitrogens is 1. The molecule has 0 atom stereocenters. The number of aromatic amines is 1. The van der Waals surface area contributed by atoms with E-state index in [1.165, 1.54) is 13.4 Å². The van der Waals surface area contributed by atoms with Crippen LogP contribution in [0.5, 0.6) is 11.5 Å². The number of hydrogen-bond donors (Lipinski definition) is 2. The van der Waals surface area contributed by atoms with Gasteiger partial charge in [-0.15, -0.1) is 0 Å². The molecule has 1 aromatic heterocycles. The van der Waals surface area contributed by atoms with E-state index in [2.05, 4.69) is 20.5 Å². The first-order valence-electron chi connectivity index (χ1n) is 7.66. The molecule has 0 aliphatic rings. The zero-order valence-electron chi connectivity index (χ0n) is 13.9. The number of nitriles is 1. The summed E-state index contributed by atoms with van der Waals surface area (Å²) in [6.45, 7) is -0.188. The van der Waals surface area contributed by atoms with Crippen LogP contribution in [0.15, 0.2) is 48.8 Å². The second-order valence-electron chi connectivity index (χ2n) is 5.23. The lowest BCUT2D eigenvalue weighted by molar-refractivity contribution is -0.118. The van der Waals surface area contributed by atoms with Gasteiger partial charge in [-0.3, -0.25) is 9.89 Å². The molecule has 0 radical (unpaired) electrons. The number of carbonyl (C=O) groups is 1. The SMILES string of the molecule is COc1cc(C#N)ccc1OCC(=O)Nc1ccc(-c2ncn[nH]2)cc1. The third kappa shape index (κ3) is 3.96. The van der Waals surface area contributed by atoms with E-state index in [4.69, 9.17) is 14.7 Å². The van der Waals surface area contributed by atoms with E-state index in [1.807, 2.05) is 18.2 Å². The molecule has 130 valence electrons. The summed E-state index contributed by atoms with van der Waals surface area (Å²) in [5.41, 5.74) is 1.94. The van der Waals surface area contributed by atoms with Crippen molar-refractivity contribution in [2.75, 3.05) is 19.0 Å². The fourth-order valence-electron chi connectivity index (χ4n) is 2.25. The highest BCUT2D eigenvalue weighted by atomic mass is 16.5. The molecule has 0 unspecified atom stereocenters. The van der Waals surface area contributed by atoms with E-state index in [-0.39, 0.29) is 12.5 Å². The molecule has 3 rings (SSSR count). The second-order valence-corrected chi connectivity index (χ2v) is 5.23. The zero-order valence-corrected chi connectivity index (χ0v) is 13.9. The first kappa shape index (κ1) is 17.0. The van der Waals surface area contributed by atoms with E-state index in [0.29, 0.717) is 28.6 Å². The molecule has 8 nitrogen and oxygen atoms in total. The van der Waals surface area contributed by atoms with Gasteiger partial charge in [0.25, 0.3) is 5.91 Å². The van der Waals surface area contributed by atoms with Gasteiger partial charge in [0, 0.05) is 17.3 Å². The van der Waals surface area contributed by atoms with Crippen molar-refractivity contribution in [2.24, 2.45) is 0 Å². The van der Waals surface area contributed by atoms with Gasteiger partial charge in [-0.1, -0.05) is 0 Å². The number of nitrogens with zero attached hydrogens (tertiary/aromatic N) is 3. The van der Waals surface area contributed by atoms with Gasteiger partial charge in [0.05, 0.1) is 18.7 Å². The van der Waals surface area contributed by atoms with E-state index < -0.39 is 0 Å². The summed E-state index contributed by atoms with van der Waals surface area (Å²) in [5, 5.41) is 18.2. The average molecular weight is 349 g/mol. The Morgan fingerprint density at radius 1 is 1.23 bits per heavy atom. The van der Waals surface area contributed by atoms with Crippen molar-refractivity contribution >= 4 is 11.6 Å². The predicted molar refractivity (Wildman–Crippen MR) is 93.7 cm³/mol. The van der Waals surface area contributed by atoms with Crippen LogP contribution in [0.25, 0.3) is 11.4 Å². The Morgan fingerprint density at radius 3 is 2.69 bits per heavy atom. The highest BCUT2D eigenvalue weighted by molar-refractivity contribution is 5.92. The molecular weight excluding hydrogens is 334 g/mol. The Balaban J connectivity index is 1.58. The van der Waals surface area contributed by atoms with Crippen LogP contribution >= 0.6 is 0 Å². The molecule has 0 aliphatic heterocycles. The van der Waals surface area contributed by atoms with Crippen LogP contribution in [0.4, 0.5) is 5.69 Å². The van der Waals surface area contributed by atoms with Gasteiger partial charge >= 0.3 is 0 Å². The van der Waals surface area contributed by atoms with Crippen LogP contribution in [0.3, 0.4) is 0 Å². The highest BCUT2D eigenvalue weighted by Crippen LogP contribution is 2.27. The summed E-state index contributed by atoms with van der Waals surface area (Å²) >= 11 is 0. The van der Waals surface area contributed by atoms with Gasteiger partial charge in [-0.05, 0) is 36.4 Å². The number of rotatable bonds is 6. The molecule has 2 aromatic carbocycles. The summed E-state index contributed by atoms with van der Waals surface area (Å²) in [7, 11) is 1.47. The lowest BCUT2D eigenvalue weighted by Crippen LogP contribution is -2.20. The molecule has 26 heavy (non-hydrogen) atoms.